The molecule has 0 aromatic heterocycles. The standard InChI is InChI=1S/C21H23Cl2NO2/c1-2-3-8-25-20-10-13(15-5-4-14(22)11-18(15)23)9-16-17-12-24-7-6-19(17)26-21(16)20/h4-5,9-11,17,19,24H,2-3,6-8,12H2,1H3. The maximum Gasteiger partial charge on any atom is 0.165 e. The van der Waals surface area contributed by atoms with Gasteiger partial charge in [0.2, 0.25) is 0 Å². The highest BCUT2D eigenvalue weighted by molar-refractivity contribution is 6.36. The molecule has 3 nitrogen and oxygen atoms in total. The smallest absolute Gasteiger partial charge is 0.165 e. The van der Waals surface area contributed by atoms with E-state index in [1.807, 2.05) is 18.2 Å². The van der Waals surface area contributed by atoms with Crippen LogP contribution in [0.1, 0.15) is 37.7 Å². The lowest BCUT2D eigenvalue weighted by molar-refractivity contribution is 0.165. The third-order valence-electron chi connectivity index (χ3n) is 5.17. The van der Waals surface area contributed by atoms with E-state index in [1.165, 1.54) is 5.56 Å². The zero-order valence-electron chi connectivity index (χ0n) is 14.9. The van der Waals surface area contributed by atoms with E-state index in [0.29, 0.717) is 22.6 Å². The number of piperidine rings is 1. The molecule has 2 aromatic rings. The van der Waals surface area contributed by atoms with Crippen molar-refractivity contribution in [3.8, 4) is 22.6 Å². The summed E-state index contributed by atoms with van der Waals surface area (Å²) < 4.78 is 12.4. The highest BCUT2D eigenvalue weighted by Crippen LogP contribution is 2.49. The SMILES string of the molecule is CCCCOc1cc(-c2ccc(Cl)cc2Cl)cc2c1OC1CCNCC21. The molecular formula is C21H23Cl2NO2. The Bertz CT molecular complexity index is 809. The summed E-state index contributed by atoms with van der Waals surface area (Å²) >= 11 is 12.5. The molecule has 0 radical (unpaired) electrons. The molecule has 2 aliphatic heterocycles. The predicted molar refractivity (Wildman–Crippen MR) is 107 cm³/mol. The Labute approximate surface area is 164 Å². The molecule has 0 aliphatic carbocycles. The largest absolute Gasteiger partial charge is 0.490 e. The Morgan fingerprint density at radius 2 is 2.12 bits per heavy atom. The van der Waals surface area contributed by atoms with Crippen LogP contribution in [0, 0.1) is 0 Å². The maximum atomic E-state index is 6.46. The summed E-state index contributed by atoms with van der Waals surface area (Å²) in [5, 5.41) is 4.77. The number of halogens is 2. The van der Waals surface area contributed by atoms with Crippen LogP contribution in [-0.2, 0) is 0 Å². The first kappa shape index (κ1) is 18.0. The minimum absolute atomic E-state index is 0.232. The third kappa shape index (κ3) is 3.40. The van der Waals surface area contributed by atoms with Crippen molar-refractivity contribution >= 4 is 23.2 Å². The monoisotopic (exact) mass is 391 g/mol. The van der Waals surface area contributed by atoms with E-state index < -0.39 is 0 Å². The Hall–Kier alpha value is -1.42. The molecule has 2 aliphatic rings. The summed E-state index contributed by atoms with van der Waals surface area (Å²) in [5.74, 6) is 2.10. The molecule has 2 unspecified atom stereocenters. The molecule has 2 atom stereocenters. The molecule has 138 valence electrons. The van der Waals surface area contributed by atoms with Gasteiger partial charge < -0.3 is 14.8 Å². The Balaban J connectivity index is 1.77. The molecule has 0 bridgehead atoms. The van der Waals surface area contributed by atoms with E-state index in [1.54, 1.807) is 6.07 Å². The zero-order valence-corrected chi connectivity index (χ0v) is 16.4. The molecule has 5 heteroatoms. The molecule has 0 spiro atoms. The van der Waals surface area contributed by atoms with Gasteiger partial charge in [-0.25, -0.2) is 0 Å². The van der Waals surface area contributed by atoms with E-state index in [-0.39, 0.29) is 6.10 Å². The second kappa shape index (κ2) is 7.67. The van der Waals surface area contributed by atoms with Gasteiger partial charge in [-0.3, -0.25) is 0 Å². The van der Waals surface area contributed by atoms with Crippen molar-refractivity contribution in [3.05, 3.63) is 45.9 Å². The summed E-state index contributed by atoms with van der Waals surface area (Å²) in [7, 11) is 0. The van der Waals surface area contributed by atoms with Crippen molar-refractivity contribution in [3.63, 3.8) is 0 Å². The summed E-state index contributed by atoms with van der Waals surface area (Å²) in [6, 6.07) is 9.87. The minimum atomic E-state index is 0.232. The van der Waals surface area contributed by atoms with E-state index >= 15 is 0 Å². The summed E-state index contributed by atoms with van der Waals surface area (Å²) in [5.41, 5.74) is 3.23. The van der Waals surface area contributed by atoms with Crippen LogP contribution in [0.4, 0.5) is 0 Å². The molecule has 1 N–H and O–H groups in total. The van der Waals surface area contributed by atoms with Crippen LogP contribution in [0.2, 0.25) is 10.0 Å². The minimum Gasteiger partial charge on any atom is -0.490 e. The van der Waals surface area contributed by atoms with E-state index in [0.717, 1.165) is 55.0 Å². The van der Waals surface area contributed by atoms with Gasteiger partial charge >= 0.3 is 0 Å². The number of unbranched alkanes of at least 4 members (excludes halogenated alkanes) is 1. The number of rotatable bonds is 5. The van der Waals surface area contributed by atoms with Crippen LogP contribution < -0.4 is 14.8 Å². The number of benzene rings is 2. The molecule has 0 saturated carbocycles. The van der Waals surface area contributed by atoms with Gasteiger partial charge in [0.25, 0.3) is 0 Å². The number of fused-ring (bicyclic) bond motifs is 3. The summed E-state index contributed by atoms with van der Waals surface area (Å²) in [4.78, 5) is 0. The first-order valence-corrected chi connectivity index (χ1v) is 10.1. The first-order chi connectivity index (χ1) is 12.7. The van der Waals surface area contributed by atoms with Gasteiger partial charge in [0.1, 0.15) is 6.10 Å². The van der Waals surface area contributed by atoms with Crippen molar-refractivity contribution < 1.29 is 9.47 Å². The van der Waals surface area contributed by atoms with Gasteiger partial charge in [0.05, 0.1) is 6.61 Å². The van der Waals surface area contributed by atoms with Crippen molar-refractivity contribution in [2.75, 3.05) is 19.7 Å². The van der Waals surface area contributed by atoms with Crippen molar-refractivity contribution in [1.29, 1.82) is 0 Å². The fourth-order valence-corrected chi connectivity index (χ4v) is 4.29. The first-order valence-electron chi connectivity index (χ1n) is 9.31. The van der Waals surface area contributed by atoms with Gasteiger partial charge in [-0.1, -0.05) is 42.6 Å². The fourth-order valence-electron chi connectivity index (χ4n) is 3.78. The van der Waals surface area contributed by atoms with E-state index in [9.17, 15) is 0 Å². The third-order valence-corrected chi connectivity index (χ3v) is 5.72. The number of nitrogens with one attached hydrogen (secondary N) is 1. The molecule has 2 heterocycles. The van der Waals surface area contributed by atoms with Crippen LogP contribution in [0.5, 0.6) is 11.5 Å². The molecule has 26 heavy (non-hydrogen) atoms. The second-order valence-electron chi connectivity index (χ2n) is 6.97. The quantitative estimate of drug-likeness (QED) is 0.665. The molecule has 4 rings (SSSR count). The van der Waals surface area contributed by atoms with Crippen molar-refractivity contribution in [2.24, 2.45) is 0 Å². The zero-order chi connectivity index (χ0) is 18.1. The number of ether oxygens (including phenoxy) is 2. The lowest BCUT2D eigenvalue weighted by Gasteiger charge is -2.24. The van der Waals surface area contributed by atoms with E-state index in [4.69, 9.17) is 32.7 Å². The Morgan fingerprint density at radius 1 is 1.23 bits per heavy atom. The van der Waals surface area contributed by atoms with Gasteiger partial charge in [-0.15, -0.1) is 0 Å². The maximum absolute atomic E-state index is 6.46. The predicted octanol–water partition coefficient (Wildman–Crippen LogP) is 5.68. The van der Waals surface area contributed by atoms with Crippen LogP contribution in [0.25, 0.3) is 11.1 Å². The highest BCUT2D eigenvalue weighted by atomic mass is 35.5. The van der Waals surface area contributed by atoms with Crippen LogP contribution >= 0.6 is 23.2 Å². The van der Waals surface area contributed by atoms with Gasteiger partial charge in [0.15, 0.2) is 11.5 Å². The lowest BCUT2D eigenvalue weighted by atomic mass is 9.89. The highest BCUT2D eigenvalue weighted by Gasteiger charge is 2.38. The van der Waals surface area contributed by atoms with Gasteiger partial charge in [-0.05, 0) is 49.2 Å². The fraction of sp³-hybridized carbons (Fsp3) is 0.429. The Morgan fingerprint density at radius 3 is 2.92 bits per heavy atom. The number of hydrogen-bond donors (Lipinski definition) is 1. The van der Waals surface area contributed by atoms with Gasteiger partial charge in [-0.2, -0.15) is 0 Å². The average Bonchev–Trinajstić information content (AvgIpc) is 3.01. The molecule has 2 aromatic carbocycles. The topological polar surface area (TPSA) is 30.5 Å². The molecule has 0 amide bonds. The second-order valence-corrected chi connectivity index (χ2v) is 7.82. The van der Waals surface area contributed by atoms with E-state index in [2.05, 4.69) is 18.3 Å². The average molecular weight is 392 g/mol. The molecular weight excluding hydrogens is 369 g/mol. The van der Waals surface area contributed by atoms with Crippen LogP contribution in [-0.4, -0.2) is 25.8 Å². The summed E-state index contributed by atoms with van der Waals surface area (Å²) in [6.45, 7) is 4.78. The van der Waals surface area contributed by atoms with Gasteiger partial charge in [0, 0.05) is 33.6 Å². The van der Waals surface area contributed by atoms with Crippen LogP contribution in [0.3, 0.4) is 0 Å². The van der Waals surface area contributed by atoms with Crippen molar-refractivity contribution in [1.82, 2.24) is 5.32 Å². The Kier molecular flexibility index (Phi) is 5.30. The molecule has 1 saturated heterocycles. The van der Waals surface area contributed by atoms with Crippen molar-refractivity contribution in [2.45, 2.75) is 38.2 Å². The summed E-state index contributed by atoms with van der Waals surface area (Å²) in [6.07, 6.45) is 3.37. The lowest BCUT2D eigenvalue weighted by Crippen LogP contribution is -2.37. The normalized spacial score (nSPS) is 21.0. The van der Waals surface area contributed by atoms with Crippen LogP contribution in [0.15, 0.2) is 30.3 Å². The number of hydrogen-bond acceptors (Lipinski definition) is 3. The molecule has 1 fully saturated rings.